The zero-order valence-corrected chi connectivity index (χ0v) is 24.4. The third-order valence-corrected chi connectivity index (χ3v) is 8.83. The zero-order valence-electron chi connectivity index (χ0n) is 24.4. The van der Waals surface area contributed by atoms with Gasteiger partial charge in [-0.25, -0.2) is 9.97 Å². The van der Waals surface area contributed by atoms with Crippen LogP contribution in [0.4, 0.5) is 18.9 Å². The van der Waals surface area contributed by atoms with E-state index >= 15 is 0 Å². The highest BCUT2D eigenvalue weighted by Gasteiger charge is 2.40. The van der Waals surface area contributed by atoms with Crippen LogP contribution in [0.15, 0.2) is 60.9 Å². The molecule has 0 unspecified atom stereocenters. The highest BCUT2D eigenvalue weighted by atomic mass is 19.4. The molecule has 2 aliphatic heterocycles. The van der Waals surface area contributed by atoms with Crippen LogP contribution in [0.1, 0.15) is 59.9 Å². The van der Waals surface area contributed by atoms with E-state index in [1.165, 1.54) is 18.5 Å². The van der Waals surface area contributed by atoms with Crippen molar-refractivity contribution in [2.45, 2.75) is 70.9 Å². The third-order valence-electron chi connectivity index (χ3n) is 8.83. The van der Waals surface area contributed by atoms with E-state index in [9.17, 15) is 18.0 Å². The molecule has 42 heavy (non-hydrogen) atoms. The Morgan fingerprint density at radius 1 is 0.952 bits per heavy atom. The van der Waals surface area contributed by atoms with Gasteiger partial charge in [-0.2, -0.15) is 0 Å². The number of aromatic nitrogens is 2. The monoisotopic (exact) mass is 581 g/mol. The van der Waals surface area contributed by atoms with Crippen molar-refractivity contribution in [2.24, 2.45) is 0 Å². The summed E-state index contributed by atoms with van der Waals surface area (Å²) in [7, 11) is 0. The number of hydrogen-bond acceptors (Lipinski definition) is 6. The maximum absolute atomic E-state index is 13.3. The van der Waals surface area contributed by atoms with Crippen molar-refractivity contribution >= 4 is 11.6 Å². The number of ether oxygens (including phenoxy) is 1. The van der Waals surface area contributed by atoms with E-state index in [0.29, 0.717) is 36.6 Å². The van der Waals surface area contributed by atoms with Gasteiger partial charge in [-0.3, -0.25) is 9.69 Å². The van der Waals surface area contributed by atoms with Gasteiger partial charge in [0.2, 0.25) is 0 Å². The van der Waals surface area contributed by atoms with Crippen LogP contribution in [0.2, 0.25) is 0 Å². The first-order chi connectivity index (χ1) is 20.0. The van der Waals surface area contributed by atoms with Crippen LogP contribution in [-0.2, 0) is 6.54 Å². The van der Waals surface area contributed by atoms with Gasteiger partial charge < -0.3 is 14.5 Å². The predicted octanol–water partition coefficient (Wildman–Crippen LogP) is 6.16. The second-order valence-corrected chi connectivity index (χ2v) is 11.6. The Morgan fingerprint density at radius 2 is 1.55 bits per heavy atom. The van der Waals surface area contributed by atoms with Crippen molar-refractivity contribution in [1.82, 2.24) is 19.8 Å². The lowest BCUT2D eigenvalue weighted by Gasteiger charge is -2.50. The molecule has 0 atom stereocenters. The summed E-state index contributed by atoms with van der Waals surface area (Å²) in [5, 5.41) is 0. The van der Waals surface area contributed by atoms with E-state index in [0.717, 1.165) is 50.0 Å². The third kappa shape index (κ3) is 6.86. The smallest absolute Gasteiger partial charge is 0.406 e. The van der Waals surface area contributed by atoms with Gasteiger partial charge in [-0.15, -0.1) is 13.2 Å². The molecule has 0 radical (unpaired) electrons. The molecule has 0 spiro atoms. The number of hydrogen-bond donors (Lipinski definition) is 0. The second kappa shape index (κ2) is 12.3. The summed E-state index contributed by atoms with van der Waals surface area (Å²) in [6.45, 7) is 9.89. The average Bonchev–Trinajstić information content (AvgIpc) is 2.96. The van der Waals surface area contributed by atoms with E-state index in [4.69, 9.17) is 0 Å². The summed E-state index contributed by atoms with van der Waals surface area (Å²) < 4.78 is 42.2. The fraction of sp³-hybridized carbons (Fsp3) is 0.469. The minimum absolute atomic E-state index is 0.000130. The van der Waals surface area contributed by atoms with Gasteiger partial charge in [-0.05, 0) is 76.3 Å². The quantitative estimate of drug-likeness (QED) is 0.333. The van der Waals surface area contributed by atoms with Crippen molar-refractivity contribution in [1.29, 1.82) is 0 Å². The first kappa shape index (κ1) is 29.8. The Labute approximate surface area is 245 Å². The molecule has 10 heteroatoms. The van der Waals surface area contributed by atoms with E-state index in [2.05, 4.69) is 43.6 Å². The van der Waals surface area contributed by atoms with Crippen molar-refractivity contribution in [3.05, 3.63) is 83.4 Å². The maximum Gasteiger partial charge on any atom is 0.573 e. The molecule has 2 fully saturated rings. The molecular formula is C32H38F3N5O2. The maximum atomic E-state index is 13.3. The highest BCUT2D eigenvalue weighted by molar-refractivity contribution is 5.96. The number of carbonyl (C=O) groups is 1. The van der Waals surface area contributed by atoms with Gasteiger partial charge in [-0.1, -0.05) is 30.3 Å². The molecule has 0 aliphatic carbocycles. The van der Waals surface area contributed by atoms with Crippen molar-refractivity contribution < 1.29 is 22.7 Å². The van der Waals surface area contributed by atoms with E-state index in [-0.39, 0.29) is 23.2 Å². The Morgan fingerprint density at radius 3 is 2.12 bits per heavy atom. The normalized spacial score (nSPS) is 18.1. The Balaban J connectivity index is 1.23. The van der Waals surface area contributed by atoms with E-state index in [1.807, 2.05) is 36.9 Å². The van der Waals surface area contributed by atoms with Gasteiger partial charge in [0.1, 0.15) is 12.1 Å². The van der Waals surface area contributed by atoms with Crippen LogP contribution in [0.25, 0.3) is 0 Å². The molecule has 0 bridgehead atoms. The number of piperidine rings is 2. The first-order valence-corrected chi connectivity index (χ1v) is 14.5. The van der Waals surface area contributed by atoms with Gasteiger partial charge >= 0.3 is 6.36 Å². The number of likely N-dealkylation sites (tertiary alicyclic amines) is 2. The molecule has 2 aromatic carbocycles. The predicted molar refractivity (Wildman–Crippen MR) is 155 cm³/mol. The molecule has 1 amide bonds. The fourth-order valence-electron chi connectivity index (χ4n) is 6.34. The number of anilines is 1. The molecule has 5 rings (SSSR count). The molecule has 0 N–H and O–H groups in total. The fourth-order valence-corrected chi connectivity index (χ4v) is 6.34. The molecule has 2 aliphatic rings. The number of benzene rings is 2. The van der Waals surface area contributed by atoms with Crippen LogP contribution in [0.3, 0.4) is 0 Å². The molecule has 0 saturated carbocycles. The largest absolute Gasteiger partial charge is 0.573 e. The topological polar surface area (TPSA) is 61.8 Å². The summed E-state index contributed by atoms with van der Waals surface area (Å²) in [6.07, 6.45) is 0.437. The highest BCUT2D eigenvalue weighted by Crippen LogP contribution is 2.35. The standard InChI is InChI=1S/C32H38F3N5O2/c1-23-29(24(2)37-22-36-23)30(41)38-19-15-31(3,16-20-38)39-17-13-27(14-18-39)40(21-25-7-5-4-6-8-25)26-9-11-28(12-10-26)42-32(33,34)35/h4-12,22,27H,13-21H2,1-3H3. The van der Waals surface area contributed by atoms with Crippen LogP contribution < -0.4 is 9.64 Å². The summed E-state index contributed by atoms with van der Waals surface area (Å²) in [4.78, 5) is 28.5. The molecule has 1 aromatic heterocycles. The van der Waals surface area contributed by atoms with E-state index in [1.54, 1.807) is 12.1 Å². The molecule has 2 saturated heterocycles. The molecular weight excluding hydrogens is 543 g/mol. The second-order valence-electron chi connectivity index (χ2n) is 11.6. The average molecular weight is 582 g/mol. The zero-order chi connectivity index (χ0) is 29.9. The summed E-state index contributed by atoms with van der Waals surface area (Å²) in [6, 6.07) is 16.6. The lowest BCUT2D eigenvalue weighted by molar-refractivity contribution is -0.274. The number of alkyl halides is 3. The number of amides is 1. The van der Waals surface area contributed by atoms with Crippen molar-refractivity contribution in [3.63, 3.8) is 0 Å². The summed E-state index contributed by atoms with van der Waals surface area (Å²) >= 11 is 0. The number of carbonyl (C=O) groups excluding carboxylic acids is 1. The molecule has 7 nitrogen and oxygen atoms in total. The van der Waals surface area contributed by atoms with Gasteiger partial charge in [0.15, 0.2) is 0 Å². The SMILES string of the molecule is Cc1ncnc(C)c1C(=O)N1CCC(C)(N2CCC(N(Cc3ccccc3)c3ccc(OC(F)(F)F)cc3)CC2)CC1. The van der Waals surface area contributed by atoms with Crippen molar-refractivity contribution in [2.75, 3.05) is 31.1 Å². The van der Waals surface area contributed by atoms with Crippen LogP contribution in [-0.4, -0.2) is 69.8 Å². The Hall–Kier alpha value is -3.66. The van der Waals surface area contributed by atoms with Crippen LogP contribution in [0, 0.1) is 13.8 Å². The lowest BCUT2D eigenvalue weighted by Crippen LogP contribution is -2.58. The molecule has 3 heterocycles. The van der Waals surface area contributed by atoms with Gasteiger partial charge in [0.05, 0.1) is 17.0 Å². The summed E-state index contributed by atoms with van der Waals surface area (Å²) in [5.41, 5.74) is 4.06. The van der Waals surface area contributed by atoms with E-state index < -0.39 is 6.36 Å². The van der Waals surface area contributed by atoms with Crippen LogP contribution in [0.5, 0.6) is 5.75 Å². The minimum Gasteiger partial charge on any atom is -0.406 e. The first-order valence-electron chi connectivity index (χ1n) is 14.5. The number of nitrogens with zero attached hydrogens (tertiary/aromatic N) is 5. The van der Waals surface area contributed by atoms with Crippen molar-refractivity contribution in [3.8, 4) is 5.75 Å². The van der Waals surface area contributed by atoms with Crippen LogP contribution >= 0.6 is 0 Å². The Bertz CT molecular complexity index is 1330. The summed E-state index contributed by atoms with van der Waals surface area (Å²) in [5.74, 6) is -0.210. The Kier molecular flexibility index (Phi) is 8.73. The minimum atomic E-state index is -4.72. The number of aryl methyl sites for hydroxylation is 2. The lowest BCUT2D eigenvalue weighted by atomic mass is 9.85. The van der Waals surface area contributed by atoms with Gasteiger partial charge in [0, 0.05) is 50.0 Å². The molecule has 224 valence electrons. The number of halogens is 3. The van der Waals surface area contributed by atoms with Gasteiger partial charge in [0.25, 0.3) is 5.91 Å². The molecule has 3 aromatic rings. The number of rotatable bonds is 7.